The van der Waals surface area contributed by atoms with Gasteiger partial charge in [-0.15, -0.1) is 0 Å². The van der Waals surface area contributed by atoms with Crippen molar-refractivity contribution in [2.75, 3.05) is 20.3 Å². The van der Waals surface area contributed by atoms with Gasteiger partial charge in [0.05, 0.1) is 26.2 Å². The summed E-state index contributed by atoms with van der Waals surface area (Å²) >= 11 is 6.34. The minimum Gasteiger partial charge on any atom is -0.490 e. The van der Waals surface area contributed by atoms with Crippen molar-refractivity contribution >= 4 is 17.6 Å². The minimum absolute atomic E-state index is 0.0674. The van der Waals surface area contributed by atoms with E-state index in [0.717, 1.165) is 30.6 Å². The number of carbonyl (C=O) groups excluding carboxylic acids is 1. The van der Waals surface area contributed by atoms with Gasteiger partial charge >= 0.3 is 5.97 Å². The first-order valence-corrected chi connectivity index (χ1v) is 8.14. The molecule has 0 heterocycles. The summed E-state index contributed by atoms with van der Waals surface area (Å²) in [6.45, 7) is 5.01. The molecule has 1 aliphatic rings. The van der Waals surface area contributed by atoms with Crippen LogP contribution in [0.3, 0.4) is 0 Å². The molecular formula is C17H23ClO4. The van der Waals surface area contributed by atoms with Crippen molar-refractivity contribution in [1.29, 1.82) is 0 Å². The van der Waals surface area contributed by atoms with Crippen LogP contribution in [0.2, 0.25) is 5.02 Å². The zero-order valence-electron chi connectivity index (χ0n) is 13.4. The van der Waals surface area contributed by atoms with Crippen LogP contribution in [0.4, 0.5) is 0 Å². The number of aryl methyl sites for hydroxylation is 1. The SMILES string of the molecule is CCOc1cc(Cl)c(CCC2CC2C(=O)OC)cc1OCC. The molecule has 1 aromatic carbocycles. The van der Waals surface area contributed by atoms with Gasteiger partial charge in [0.1, 0.15) is 0 Å². The van der Waals surface area contributed by atoms with E-state index in [1.165, 1.54) is 7.11 Å². The maximum absolute atomic E-state index is 11.4. The lowest BCUT2D eigenvalue weighted by atomic mass is 10.1. The molecule has 4 nitrogen and oxygen atoms in total. The van der Waals surface area contributed by atoms with Crippen molar-refractivity contribution < 1.29 is 19.0 Å². The maximum atomic E-state index is 11.4. The number of esters is 1. The number of rotatable bonds is 8. The summed E-state index contributed by atoms with van der Waals surface area (Å²) in [5.74, 6) is 1.78. The van der Waals surface area contributed by atoms with Crippen molar-refractivity contribution in [1.82, 2.24) is 0 Å². The lowest BCUT2D eigenvalue weighted by molar-refractivity contribution is -0.142. The van der Waals surface area contributed by atoms with E-state index in [1.54, 1.807) is 0 Å². The molecule has 1 saturated carbocycles. The monoisotopic (exact) mass is 326 g/mol. The predicted octanol–water partition coefficient (Wildman–Crippen LogP) is 3.88. The van der Waals surface area contributed by atoms with E-state index >= 15 is 0 Å². The second kappa shape index (κ2) is 7.73. The minimum atomic E-state index is -0.0993. The number of hydrogen-bond acceptors (Lipinski definition) is 4. The lowest BCUT2D eigenvalue weighted by Crippen LogP contribution is -2.05. The van der Waals surface area contributed by atoms with Gasteiger partial charge in [-0.1, -0.05) is 11.6 Å². The Morgan fingerprint density at radius 3 is 2.45 bits per heavy atom. The Morgan fingerprint density at radius 1 is 1.23 bits per heavy atom. The molecule has 2 unspecified atom stereocenters. The average molecular weight is 327 g/mol. The van der Waals surface area contributed by atoms with E-state index in [9.17, 15) is 4.79 Å². The number of halogens is 1. The summed E-state index contributed by atoms with van der Waals surface area (Å²) < 4.78 is 16.0. The van der Waals surface area contributed by atoms with Gasteiger partial charge < -0.3 is 14.2 Å². The molecule has 0 aliphatic heterocycles. The number of hydrogen-bond donors (Lipinski definition) is 0. The van der Waals surface area contributed by atoms with Crippen LogP contribution in [0.15, 0.2) is 12.1 Å². The molecule has 5 heteroatoms. The predicted molar refractivity (Wildman–Crippen MR) is 85.7 cm³/mol. The van der Waals surface area contributed by atoms with Gasteiger partial charge in [0.2, 0.25) is 0 Å². The van der Waals surface area contributed by atoms with E-state index in [1.807, 2.05) is 26.0 Å². The standard InChI is InChI=1S/C17H23ClO4/c1-4-21-15-9-12(14(18)10-16(15)22-5-2)7-6-11-8-13(11)17(19)20-3/h9-11,13H,4-8H2,1-3H3. The van der Waals surface area contributed by atoms with Crippen LogP contribution in [0.1, 0.15) is 32.3 Å². The fourth-order valence-corrected chi connectivity index (χ4v) is 2.90. The van der Waals surface area contributed by atoms with Crippen LogP contribution in [-0.2, 0) is 16.0 Å². The number of carbonyl (C=O) groups is 1. The van der Waals surface area contributed by atoms with E-state index < -0.39 is 0 Å². The molecule has 0 saturated heterocycles. The molecule has 0 radical (unpaired) electrons. The summed E-state index contributed by atoms with van der Waals surface area (Å²) in [7, 11) is 1.44. The molecule has 2 atom stereocenters. The first kappa shape index (κ1) is 16.9. The first-order chi connectivity index (χ1) is 10.6. The fourth-order valence-electron chi connectivity index (χ4n) is 2.65. The second-order valence-corrected chi connectivity index (χ2v) is 5.83. The van der Waals surface area contributed by atoms with Gasteiger partial charge in [-0.3, -0.25) is 4.79 Å². The highest BCUT2D eigenvalue weighted by Crippen LogP contribution is 2.43. The topological polar surface area (TPSA) is 44.8 Å². The van der Waals surface area contributed by atoms with Gasteiger partial charge in [-0.2, -0.15) is 0 Å². The van der Waals surface area contributed by atoms with E-state index in [4.69, 9.17) is 25.8 Å². The van der Waals surface area contributed by atoms with Crippen LogP contribution < -0.4 is 9.47 Å². The van der Waals surface area contributed by atoms with Crippen molar-refractivity contribution in [3.63, 3.8) is 0 Å². The third kappa shape index (κ3) is 4.07. The van der Waals surface area contributed by atoms with Crippen LogP contribution in [0.25, 0.3) is 0 Å². The molecule has 1 aromatic rings. The summed E-state index contributed by atoms with van der Waals surface area (Å²) in [6.07, 6.45) is 2.67. The molecule has 1 fully saturated rings. The fraction of sp³-hybridized carbons (Fsp3) is 0.588. The molecule has 0 spiro atoms. The molecule has 22 heavy (non-hydrogen) atoms. The zero-order valence-corrected chi connectivity index (χ0v) is 14.1. The molecular weight excluding hydrogens is 304 g/mol. The van der Waals surface area contributed by atoms with Gasteiger partial charge in [0, 0.05) is 11.1 Å². The lowest BCUT2D eigenvalue weighted by Gasteiger charge is -2.14. The van der Waals surface area contributed by atoms with Crippen molar-refractivity contribution in [2.24, 2.45) is 11.8 Å². The zero-order chi connectivity index (χ0) is 16.1. The molecule has 122 valence electrons. The van der Waals surface area contributed by atoms with Crippen LogP contribution in [0.5, 0.6) is 11.5 Å². The first-order valence-electron chi connectivity index (χ1n) is 7.76. The third-order valence-corrected chi connectivity index (χ3v) is 4.28. The number of benzene rings is 1. The third-order valence-electron chi connectivity index (χ3n) is 3.92. The van der Waals surface area contributed by atoms with Gasteiger partial charge in [0.15, 0.2) is 11.5 Å². The van der Waals surface area contributed by atoms with Crippen molar-refractivity contribution in [3.05, 3.63) is 22.7 Å². The molecule has 2 rings (SSSR count). The van der Waals surface area contributed by atoms with Crippen LogP contribution in [-0.4, -0.2) is 26.3 Å². The average Bonchev–Trinajstić information content (AvgIpc) is 3.28. The highest BCUT2D eigenvalue weighted by Gasteiger charge is 2.43. The largest absolute Gasteiger partial charge is 0.490 e. The Labute approximate surface area is 136 Å². The van der Waals surface area contributed by atoms with Gasteiger partial charge in [0.25, 0.3) is 0 Å². The Kier molecular flexibility index (Phi) is 5.95. The van der Waals surface area contributed by atoms with Crippen LogP contribution >= 0.6 is 11.6 Å². The second-order valence-electron chi connectivity index (χ2n) is 5.42. The molecule has 0 amide bonds. The van der Waals surface area contributed by atoms with E-state index in [2.05, 4.69) is 0 Å². The number of ether oxygens (including phenoxy) is 3. The summed E-state index contributed by atoms with van der Waals surface area (Å²) in [5, 5.41) is 0.683. The van der Waals surface area contributed by atoms with E-state index in [0.29, 0.717) is 29.9 Å². The molecule has 1 aliphatic carbocycles. The van der Waals surface area contributed by atoms with Gasteiger partial charge in [-0.05, 0) is 50.7 Å². The summed E-state index contributed by atoms with van der Waals surface area (Å²) in [5.41, 5.74) is 1.03. The highest BCUT2D eigenvalue weighted by molar-refractivity contribution is 6.31. The molecule has 0 N–H and O–H groups in total. The smallest absolute Gasteiger partial charge is 0.308 e. The normalized spacial score (nSPS) is 19.6. The quantitative estimate of drug-likeness (QED) is 0.680. The highest BCUT2D eigenvalue weighted by atomic mass is 35.5. The Hall–Kier alpha value is -1.42. The molecule has 0 aromatic heterocycles. The Bertz CT molecular complexity index is 530. The van der Waals surface area contributed by atoms with Gasteiger partial charge in [-0.25, -0.2) is 0 Å². The summed E-state index contributed by atoms with van der Waals surface area (Å²) in [6, 6.07) is 3.77. The van der Waals surface area contributed by atoms with E-state index in [-0.39, 0.29) is 11.9 Å². The molecule has 0 bridgehead atoms. The Morgan fingerprint density at radius 2 is 1.86 bits per heavy atom. The summed E-state index contributed by atoms with van der Waals surface area (Å²) in [4.78, 5) is 11.4. The van der Waals surface area contributed by atoms with Crippen molar-refractivity contribution in [3.8, 4) is 11.5 Å². The Balaban J connectivity index is 2.01. The number of methoxy groups -OCH3 is 1. The van der Waals surface area contributed by atoms with Crippen LogP contribution in [0, 0.1) is 11.8 Å². The van der Waals surface area contributed by atoms with Crippen molar-refractivity contribution in [2.45, 2.75) is 33.1 Å². The maximum Gasteiger partial charge on any atom is 0.308 e.